The van der Waals surface area contributed by atoms with Crippen LogP contribution < -0.4 is 14.8 Å². The van der Waals surface area contributed by atoms with Gasteiger partial charge in [-0.2, -0.15) is 0 Å². The predicted octanol–water partition coefficient (Wildman–Crippen LogP) is 3.88. The molecule has 0 unspecified atom stereocenters. The van der Waals surface area contributed by atoms with E-state index in [4.69, 9.17) is 9.47 Å². The van der Waals surface area contributed by atoms with Crippen LogP contribution in [0.3, 0.4) is 0 Å². The molecule has 0 spiro atoms. The second kappa shape index (κ2) is 10.3. The van der Waals surface area contributed by atoms with Crippen molar-refractivity contribution in [2.75, 3.05) is 26.8 Å². The minimum atomic E-state index is -0.201. The molecule has 1 saturated heterocycles. The predicted molar refractivity (Wildman–Crippen MR) is 121 cm³/mol. The Morgan fingerprint density at radius 3 is 2.52 bits per heavy atom. The highest BCUT2D eigenvalue weighted by atomic mass is 16.5. The number of benzene rings is 2. The zero-order chi connectivity index (χ0) is 22.4. The molecular formula is C25H32N2O4. The molecule has 3 rings (SSSR count). The van der Waals surface area contributed by atoms with E-state index >= 15 is 0 Å². The van der Waals surface area contributed by atoms with Gasteiger partial charge < -0.3 is 19.7 Å². The van der Waals surface area contributed by atoms with E-state index in [2.05, 4.69) is 11.4 Å². The molecule has 6 nitrogen and oxygen atoms in total. The van der Waals surface area contributed by atoms with Gasteiger partial charge in [0.25, 0.3) is 5.91 Å². The molecule has 0 aliphatic carbocycles. The minimum absolute atomic E-state index is 0.000509. The Morgan fingerprint density at radius 1 is 1.10 bits per heavy atom. The molecule has 6 heteroatoms. The van der Waals surface area contributed by atoms with Crippen LogP contribution in [0.1, 0.15) is 46.8 Å². The number of methoxy groups -OCH3 is 1. The zero-order valence-electron chi connectivity index (χ0n) is 18.9. The van der Waals surface area contributed by atoms with Crippen molar-refractivity contribution < 1.29 is 19.1 Å². The Morgan fingerprint density at radius 2 is 1.84 bits per heavy atom. The number of carbonyl (C=O) groups excluding carboxylic acids is 2. The average molecular weight is 425 g/mol. The molecule has 1 heterocycles. The topological polar surface area (TPSA) is 67.9 Å². The fourth-order valence-corrected chi connectivity index (χ4v) is 4.09. The minimum Gasteiger partial charge on any atom is -0.493 e. The SMILES string of the molecule is CCOc1ccc(CNC(=O)[C@H]2CCCN(C(=O)c3cc(C)cc(C)c3)C2)cc1OC. The number of piperidine rings is 1. The summed E-state index contributed by atoms with van der Waals surface area (Å²) in [6.07, 6.45) is 1.61. The van der Waals surface area contributed by atoms with Crippen molar-refractivity contribution in [1.29, 1.82) is 0 Å². The van der Waals surface area contributed by atoms with Crippen LogP contribution in [0.5, 0.6) is 11.5 Å². The molecule has 0 radical (unpaired) electrons. The zero-order valence-corrected chi connectivity index (χ0v) is 18.9. The first kappa shape index (κ1) is 22.7. The van der Waals surface area contributed by atoms with Gasteiger partial charge in [0.1, 0.15) is 0 Å². The third kappa shape index (κ3) is 5.78. The summed E-state index contributed by atoms with van der Waals surface area (Å²) in [7, 11) is 1.60. The monoisotopic (exact) mass is 424 g/mol. The molecule has 31 heavy (non-hydrogen) atoms. The van der Waals surface area contributed by atoms with Crippen LogP contribution in [0, 0.1) is 19.8 Å². The van der Waals surface area contributed by atoms with Crippen LogP contribution in [-0.2, 0) is 11.3 Å². The molecule has 1 atom stereocenters. The summed E-state index contributed by atoms with van der Waals surface area (Å²) in [5.74, 6) is 1.11. The number of nitrogens with zero attached hydrogens (tertiary/aromatic N) is 1. The maximum atomic E-state index is 13.0. The molecule has 166 valence electrons. The Bertz CT molecular complexity index is 921. The summed E-state index contributed by atoms with van der Waals surface area (Å²) in [5, 5.41) is 3.02. The van der Waals surface area contributed by atoms with Crippen LogP contribution in [0.2, 0.25) is 0 Å². The first-order valence-corrected chi connectivity index (χ1v) is 10.9. The second-order valence-electron chi connectivity index (χ2n) is 8.10. The smallest absolute Gasteiger partial charge is 0.253 e. The molecular weight excluding hydrogens is 392 g/mol. The number of amides is 2. The van der Waals surface area contributed by atoms with E-state index in [1.807, 2.05) is 56.0 Å². The molecule has 1 aliphatic rings. The molecule has 1 aliphatic heterocycles. The van der Waals surface area contributed by atoms with E-state index in [0.717, 1.165) is 29.5 Å². The highest BCUT2D eigenvalue weighted by molar-refractivity contribution is 5.95. The number of hydrogen-bond acceptors (Lipinski definition) is 4. The van der Waals surface area contributed by atoms with E-state index in [1.54, 1.807) is 7.11 Å². The molecule has 1 fully saturated rings. The maximum Gasteiger partial charge on any atom is 0.253 e. The van der Waals surface area contributed by atoms with E-state index in [1.165, 1.54) is 0 Å². The molecule has 0 bridgehead atoms. The van der Waals surface area contributed by atoms with E-state index in [-0.39, 0.29) is 17.7 Å². The highest BCUT2D eigenvalue weighted by Crippen LogP contribution is 2.28. The largest absolute Gasteiger partial charge is 0.493 e. The van der Waals surface area contributed by atoms with Gasteiger partial charge in [-0.15, -0.1) is 0 Å². The lowest BCUT2D eigenvalue weighted by atomic mass is 9.96. The number of rotatable bonds is 7. The number of carbonyl (C=O) groups is 2. The summed E-state index contributed by atoms with van der Waals surface area (Å²) in [4.78, 5) is 27.6. The van der Waals surface area contributed by atoms with Gasteiger partial charge in [-0.25, -0.2) is 0 Å². The van der Waals surface area contributed by atoms with Crippen LogP contribution in [0.4, 0.5) is 0 Å². The van der Waals surface area contributed by atoms with Gasteiger partial charge in [0.2, 0.25) is 5.91 Å². The van der Waals surface area contributed by atoms with E-state index < -0.39 is 0 Å². The summed E-state index contributed by atoms with van der Waals surface area (Å²) in [6.45, 7) is 8.01. The van der Waals surface area contributed by atoms with Crippen LogP contribution in [0.15, 0.2) is 36.4 Å². The molecule has 2 amide bonds. The van der Waals surface area contributed by atoms with Crippen molar-refractivity contribution in [1.82, 2.24) is 10.2 Å². The first-order chi connectivity index (χ1) is 14.9. The fraction of sp³-hybridized carbons (Fsp3) is 0.440. The van der Waals surface area contributed by atoms with Crippen LogP contribution >= 0.6 is 0 Å². The highest BCUT2D eigenvalue weighted by Gasteiger charge is 2.29. The quantitative estimate of drug-likeness (QED) is 0.733. The molecule has 2 aromatic rings. The number of hydrogen-bond donors (Lipinski definition) is 1. The average Bonchev–Trinajstić information content (AvgIpc) is 2.77. The lowest BCUT2D eigenvalue weighted by molar-refractivity contribution is -0.126. The van der Waals surface area contributed by atoms with Crippen LogP contribution in [-0.4, -0.2) is 43.5 Å². The van der Waals surface area contributed by atoms with Gasteiger partial charge in [-0.3, -0.25) is 9.59 Å². The van der Waals surface area contributed by atoms with Crippen molar-refractivity contribution in [2.24, 2.45) is 5.92 Å². The van der Waals surface area contributed by atoms with Gasteiger partial charge in [-0.05, 0) is 63.4 Å². The van der Waals surface area contributed by atoms with Crippen molar-refractivity contribution in [3.63, 3.8) is 0 Å². The maximum absolute atomic E-state index is 13.0. The van der Waals surface area contributed by atoms with Gasteiger partial charge in [0.15, 0.2) is 11.5 Å². The number of nitrogens with one attached hydrogen (secondary N) is 1. The van der Waals surface area contributed by atoms with Gasteiger partial charge in [0, 0.05) is 25.2 Å². The third-order valence-corrected chi connectivity index (χ3v) is 5.54. The first-order valence-electron chi connectivity index (χ1n) is 10.9. The Balaban J connectivity index is 1.60. The van der Waals surface area contributed by atoms with E-state index in [0.29, 0.717) is 43.3 Å². The van der Waals surface area contributed by atoms with Crippen molar-refractivity contribution >= 4 is 11.8 Å². The van der Waals surface area contributed by atoms with E-state index in [9.17, 15) is 9.59 Å². The Labute approximate surface area is 184 Å². The Hall–Kier alpha value is -3.02. The lowest BCUT2D eigenvalue weighted by Gasteiger charge is -2.32. The summed E-state index contributed by atoms with van der Waals surface area (Å²) in [6, 6.07) is 11.5. The van der Waals surface area contributed by atoms with Crippen molar-refractivity contribution in [3.8, 4) is 11.5 Å². The van der Waals surface area contributed by atoms with Gasteiger partial charge >= 0.3 is 0 Å². The summed E-state index contributed by atoms with van der Waals surface area (Å²) < 4.78 is 10.9. The van der Waals surface area contributed by atoms with Crippen molar-refractivity contribution in [3.05, 3.63) is 58.7 Å². The lowest BCUT2D eigenvalue weighted by Crippen LogP contribution is -2.45. The normalized spacial score (nSPS) is 16.0. The van der Waals surface area contributed by atoms with Crippen molar-refractivity contribution in [2.45, 2.75) is 40.2 Å². The standard InChI is InChI=1S/C25H32N2O4/c1-5-31-22-9-8-19(14-23(22)30-4)15-26-24(28)20-7-6-10-27(16-20)25(29)21-12-17(2)11-18(3)13-21/h8-9,11-14,20H,5-7,10,15-16H2,1-4H3,(H,26,28)/t20-/m0/s1. The summed E-state index contributed by atoms with van der Waals surface area (Å²) in [5.41, 5.74) is 3.77. The third-order valence-electron chi connectivity index (χ3n) is 5.54. The Kier molecular flexibility index (Phi) is 7.55. The van der Waals surface area contributed by atoms with Gasteiger partial charge in [-0.1, -0.05) is 23.3 Å². The molecule has 0 aromatic heterocycles. The summed E-state index contributed by atoms with van der Waals surface area (Å²) >= 11 is 0. The second-order valence-corrected chi connectivity index (χ2v) is 8.10. The molecule has 1 N–H and O–H groups in total. The van der Waals surface area contributed by atoms with Gasteiger partial charge in [0.05, 0.1) is 19.6 Å². The number of likely N-dealkylation sites (tertiary alicyclic amines) is 1. The number of ether oxygens (including phenoxy) is 2. The number of aryl methyl sites for hydroxylation is 2. The fourth-order valence-electron chi connectivity index (χ4n) is 4.09. The van der Waals surface area contributed by atoms with Crippen LogP contribution in [0.25, 0.3) is 0 Å². The molecule has 0 saturated carbocycles. The molecule has 2 aromatic carbocycles.